The summed E-state index contributed by atoms with van der Waals surface area (Å²) in [6, 6.07) is 3.78. The number of hydrogen-bond donors (Lipinski definition) is 0. The van der Waals surface area contributed by atoms with Crippen molar-refractivity contribution in [1.29, 1.82) is 0 Å². The van der Waals surface area contributed by atoms with Gasteiger partial charge in [-0.1, -0.05) is 6.07 Å². The van der Waals surface area contributed by atoms with Gasteiger partial charge in [0.05, 0.1) is 0 Å². The van der Waals surface area contributed by atoms with Gasteiger partial charge in [-0.25, -0.2) is 9.50 Å². The summed E-state index contributed by atoms with van der Waals surface area (Å²) in [7, 11) is 0. The molecule has 0 spiro atoms. The van der Waals surface area contributed by atoms with E-state index in [4.69, 9.17) is 0 Å². The number of rotatable bonds is 2. The van der Waals surface area contributed by atoms with E-state index in [0.717, 1.165) is 17.0 Å². The molecule has 0 atom stereocenters. The molecule has 4 nitrogen and oxygen atoms in total. The molecule has 0 radical (unpaired) electrons. The fraction of sp³-hybridized carbons (Fsp3) is 0.300. The molecule has 2 heterocycles. The Hall–Kier alpha value is -1.71. The van der Waals surface area contributed by atoms with E-state index in [1.165, 1.54) is 0 Å². The molecule has 0 amide bonds. The first kappa shape index (κ1) is 8.87. The fourth-order valence-corrected chi connectivity index (χ4v) is 1.47. The number of aryl methyl sites for hydroxylation is 1. The first-order valence-electron chi connectivity index (χ1n) is 4.47. The van der Waals surface area contributed by atoms with E-state index >= 15 is 0 Å². The zero-order chi connectivity index (χ0) is 10.1. The van der Waals surface area contributed by atoms with Crippen LogP contribution in [-0.4, -0.2) is 20.4 Å². The van der Waals surface area contributed by atoms with E-state index < -0.39 is 0 Å². The first-order valence-corrected chi connectivity index (χ1v) is 4.47. The van der Waals surface area contributed by atoms with E-state index in [9.17, 15) is 4.79 Å². The molecule has 0 aliphatic heterocycles. The van der Waals surface area contributed by atoms with Crippen LogP contribution in [-0.2, 0) is 11.2 Å². The van der Waals surface area contributed by atoms with Crippen LogP contribution in [0.3, 0.4) is 0 Å². The molecule has 0 N–H and O–H groups in total. The van der Waals surface area contributed by atoms with Crippen LogP contribution in [0.5, 0.6) is 0 Å². The summed E-state index contributed by atoms with van der Waals surface area (Å²) in [5, 5.41) is 4.18. The van der Waals surface area contributed by atoms with E-state index in [-0.39, 0.29) is 5.78 Å². The SMILES string of the molecule is CC(=O)Cc1cccn2nc(C)nc12. The zero-order valence-corrected chi connectivity index (χ0v) is 8.19. The van der Waals surface area contributed by atoms with Crippen molar-refractivity contribution in [2.45, 2.75) is 20.3 Å². The van der Waals surface area contributed by atoms with E-state index in [2.05, 4.69) is 10.1 Å². The second-order valence-electron chi connectivity index (χ2n) is 3.34. The molecule has 72 valence electrons. The molecule has 2 aromatic heterocycles. The van der Waals surface area contributed by atoms with Gasteiger partial charge in [-0.05, 0) is 19.9 Å². The number of Topliss-reactive ketones (excluding diaryl/α,β-unsaturated/α-hetero) is 1. The van der Waals surface area contributed by atoms with Crippen molar-refractivity contribution in [3.8, 4) is 0 Å². The average Bonchev–Trinajstić information content (AvgIpc) is 2.45. The number of pyridine rings is 1. The number of ketones is 1. The molecule has 0 fully saturated rings. The second-order valence-corrected chi connectivity index (χ2v) is 3.34. The van der Waals surface area contributed by atoms with E-state index in [0.29, 0.717) is 6.42 Å². The lowest BCUT2D eigenvalue weighted by molar-refractivity contribution is -0.116. The summed E-state index contributed by atoms with van der Waals surface area (Å²) in [5.74, 6) is 0.861. The van der Waals surface area contributed by atoms with Crippen LogP contribution >= 0.6 is 0 Å². The Morgan fingerprint density at radius 2 is 2.36 bits per heavy atom. The number of carbonyl (C=O) groups excluding carboxylic acids is 1. The topological polar surface area (TPSA) is 47.3 Å². The second kappa shape index (κ2) is 3.21. The third kappa shape index (κ3) is 1.51. The molecule has 0 saturated heterocycles. The highest BCUT2D eigenvalue weighted by Crippen LogP contribution is 2.09. The van der Waals surface area contributed by atoms with Gasteiger partial charge in [0.25, 0.3) is 0 Å². The van der Waals surface area contributed by atoms with Gasteiger partial charge in [-0.2, -0.15) is 5.10 Å². The van der Waals surface area contributed by atoms with Gasteiger partial charge >= 0.3 is 0 Å². The Bertz CT molecular complexity index is 487. The third-order valence-electron chi connectivity index (χ3n) is 1.99. The molecular weight excluding hydrogens is 178 g/mol. The lowest BCUT2D eigenvalue weighted by Gasteiger charge is -1.98. The van der Waals surface area contributed by atoms with Crippen molar-refractivity contribution < 1.29 is 4.79 Å². The molecular formula is C10H11N3O. The summed E-state index contributed by atoms with van der Waals surface area (Å²) >= 11 is 0. The summed E-state index contributed by atoms with van der Waals surface area (Å²) in [6.07, 6.45) is 2.25. The summed E-state index contributed by atoms with van der Waals surface area (Å²) in [6.45, 7) is 3.41. The van der Waals surface area contributed by atoms with E-state index in [1.807, 2.05) is 25.3 Å². The minimum atomic E-state index is 0.138. The Kier molecular flexibility index (Phi) is 2.04. The van der Waals surface area contributed by atoms with Gasteiger partial charge in [-0.15, -0.1) is 0 Å². The van der Waals surface area contributed by atoms with Gasteiger partial charge in [0.1, 0.15) is 11.6 Å². The molecule has 0 unspecified atom stereocenters. The predicted octanol–water partition coefficient (Wildman–Crippen LogP) is 1.17. The molecule has 0 bridgehead atoms. The monoisotopic (exact) mass is 189 g/mol. The third-order valence-corrected chi connectivity index (χ3v) is 1.99. The molecule has 14 heavy (non-hydrogen) atoms. The first-order chi connectivity index (χ1) is 6.66. The normalized spacial score (nSPS) is 10.7. The summed E-state index contributed by atoms with van der Waals surface area (Å²) in [4.78, 5) is 15.3. The molecule has 2 rings (SSSR count). The Balaban J connectivity index is 2.58. The van der Waals surface area contributed by atoms with Gasteiger partial charge in [0, 0.05) is 18.2 Å². The molecule has 2 aromatic rings. The van der Waals surface area contributed by atoms with Crippen molar-refractivity contribution in [3.05, 3.63) is 29.7 Å². The van der Waals surface area contributed by atoms with Crippen molar-refractivity contribution in [2.75, 3.05) is 0 Å². The van der Waals surface area contributed by atoms with Gasteiger partial charge < -0.3 is 0 Å². The predicted molar refractivity (Wildman–Crippen MR) is 52.1 cm³/mol. The smallest absolute Gasteiger partial charge is 0.159 e. The maximum absolute atomic E-state index is 11.0. The van der Waals surface area contributed by atoms with Gasteiger partial charge in [0.2, 0.25) is 0 Å². The highest BCUT2D eigenvalue weighted by atomic mass is 16.1. The quantitative estimate of drug-likeness (QED) is 0.712. The van der Waals surface area contributed by atoms with Crippen LogP contribution < -0.4 is 0 Å². The molecule has 4 heteroatoms. The van der Waals surface area contributed by atoms with Crippen LogP contribution in [0.1, 0.15) is 18.3 Å². The highest BCUT2D eigenvalue weighted by Gasteiger charge is 2.06. The lowest BCUT2D eigenvalue weighted by atomic mass is 10.1. The van der Waals surface area contributed by atoms with Crippen LogP contribution in [0.15, 0.2) is 18.3 Å². The number of carbonyl (C=O) groups is 1. The number of fused-ring (bicyclic) bond motifs is 1. The fourth-order valence-electron chi connectivity index (χ4n) is 1.47. The molecule has 0 saturated carbocycles. The van der Waals surface area contributed by atoms with Crippen LogP contribution in [0.25, 0.3) is 5.65 Å². The zero-order valence-electron chi connectivity index (χ0n) is 8.19. The van der Waals surface area contributed by atoms with Crippen molar-refractivity contribution in [2.24, 2.45) is 0 Å². The van der Waals surface area contributed by atoms with Crippen molar-refractivity contribution in [3.63, 3.8) is 0 Å². The van der Waals surface area contributed by atoms with Gasteiger partial charge in [-0.3, -0.25) is 4.79 Å². The number of nitrogens with zero attached hydrogens (tertiary/aromatic N) is 3. The standard InChI is InChI=1S/C10H11N3O/c1-7(14)6-9-4-3-5-13-10(9)11-8(2)12-13/h3-5H,6H2,1-2H3. The largest absolute Gasteiger partial charge is 0.300 e. The lowest BCUT2D eigenvalue weighted by Crippen LogP contribution is -1.99. The summed E-state index contributed by atoms with van der Waals surface area (Å²) in [5.41, 5.74) is 1.71. The Morgan fingerprint density at radius 1 is 1.57 bits per heavy atom. The highest BCUT2D eigenvalue weighted by molar-refractivity contribution is 5.80. The molecule has 0 aliphatic carbocycles. The van der Waals surface area contributed by atoms with Gasteiger partial charge in [0.15, 0.2) is 5.65 Å². The molecule has 0 aromatic carbocycles. The Labute approximate surface area is 81.6 Å². The van der Waals surface area contributed by atoms with E-state index in [1.54, 1.807) is 11.4 Å². The van der Waals surface area contributed by atoms with Crippen LogP contribution in [0.2, 0.25) is 0 Å². The average molecular weight is 189 g/mol. The number of aromatic nitrogens is 3. The Morgan fingerprint density at radius 3 is 3.07 bits per heavy atom. The summed E-state index contributed by atoms with van der Waals surface area (Å²) < 4.78 is 1.70. The molecule has 0 aliphatic rings. The minimum absolute atomic E-state index is 0.138. The maximum atomic E-state index is 11.0. The van der Waals surface area contributed by atoms with Crippen molar-refractivity contribution in [1.82, 2.24) is 14.6 Å². The maximum Gasteiger partial charge on any atom is 0.159 e. The minimum Gasteiger partial charge on any atom is -0.300 e. The van der Waals surface area contributed by atoms with Crippen LogP contribution in [0, 0.1) is 6.92 Å². The number of hydrogen-bond acceptors (Lipinski definition) is 3. The van der Waals surface area contributed by atoms with Crippen molar-refractivity contribution >= 4 is 11.4 Å². The van der Waals surface area contributed by atoms with Crippen LogP contribution in [0.4, 0.5) is 0 Å².